The van der Waals surface area contributed by atoms with Gasteiger partial charge in [-0.2, -0.15) is 0 Å². The highest BCUT2D eigenvalue weighted by atomic mass is 16.3. The molecule has 0 aliphatic rings. The summed E-state index contributed by atoms with van der Waals surface area (Å²) in [6.45, 7) is 3.58. The Hall–Kier alpha value is -2.62. The van der Waals surface area contributed by atoms with Crippen molar-refractivity contribution >= 4 is 16.8 Å². The topological polar surface area (TPSA) is 61.8 Å². The Kier molecular flexibility index (Phi) is 2.34. The van der Waals surface area contributed by atoms with Crippen molar-refractivity contribution in [1.29, 1.82) is 0 Å². The zero-order chi connectivity index (χ0) is 12.5. The Bertz CT molecular complexity index is 730. The van der Waals surface area contributed by atoms with Gasteiger partial charge in [-0.1, -0.05) is 30.8 Å². The van der Waals surface area contributed by atoms with E-state index in [0.29, 0.717) is 5.56 Å². The van der Waals surface area contributed by atoms with E-state index in [1.54, 1.807) is 0 Å². The first-order chi connectivity index (χ1) is 8.77. The Morgan fingerprint density at radius 2 is 2.00 bits per heavy atom. The third kappa shape index (κ3) is 1.55. The van der Waals surface area contributed by atoms with Crippen molar-refractivity contribution in [2.24, 2.45) is 0 Å². The minimum atomic E-state index is 0.0351. The molecule has 2 heterocycles. The van der Waals surface area contributed by atoms with E-state index >= 15 is 0 Å². The molecule has 0 aliphatic heterocycles. The van der Waals surface area contributed by atoms with E-state index in [1.807, 2.05) is 36.5 Å². The molecule has 18 heavy (non-hydrogen) atoms. The van der Waals surface area contributed by atoms with E-state index in [-0.39, 0.29) is 5.76 Å². The first-order valence-electron chi connectivity index (χ1n) is 5.53. The van der Waals surface area contributed by atoms with Gasteiger partial charge >= 0.3 is 0 Å². The predicted octanol–water partition coefficient (Wildman–Crippen LogP) is 3.15. The zero-order valence-corrected chi connectivity index (χ0v) is 9.59. The highest BCUT2D eigenvalue weighted by molar-refractivity contribution is 5.93. The van der Waals surface area contributed by atoms with Gasteiger partial charge in [0.25, 0.3) is 0 Å². The molecule has 0 amide bonds. The van der Waals surface area contributed by atoms with Crippen LogP contribution in [0.15, 0.2) is 49.4 Å². The second-order valence-corrected chi connectivity index (χ2v) is 3.95. The van der Waals surface area contributed by atoms with E-state index in [2.05, 4.69) is 21.5 Å². The normalized spacial score (nSPS) is 10.7. The SMILES string of the molecule is C=C(O)c1ccccc1-c1ncnc2[nH]ccc12. The van der Waals surface area contributed by atoms with Crippen LogP contribution in [0.1, 0.15) is 5.56 Å². The first kappa shape index (κ1) is 10.5. The van der Waals surface area contributed by atoms with Gasteiger partial charge in [0.05, 0.1) is 5.69 Å². The number of aliphatic hydroxyl groups is 1. The standard InChI is InChI=1S/C14H11N3O/c1-9(18)10-4-2-3-5-11(10)13-12-6-7-15-14(12)17-8-16-13/h2-8,18H,1H2,(H,15,16,17). The highest BCUT2D eigenvalue weighted by Crippen LogP contribution is 2.29. The molecule has 4 heteroatoms. The molecule has 0 fully saturated rings. The maximum atomic E-state index is 9.64. The van der Waals surface area contributed by atoms with Gasteiger partial charge in [-0.15, -0.1) is 0 Å². The molecule has 3 aromatic rings. The van der Waals surface area contributed by atoms with Crippen LogP contribution in [0.4, 0.5) is 0 Å². The Balaban J connectivity index is 2.33. The van der Waals surface area contributed by atoms with Gasteiger partial charge in [0.15, 0.2) is 0 Å². The van der Waals surface area contributed by atoms with Crippen LogP contribution in [-0.2, 0) is 0 Å². The van der Waals surface area contributed by atoms with Crippen LogP contribution in [0.3, 0.4) is 0 Å². The number of rotatable bonds is 2. The number of nitrogens with zero attached hydrogens (tertiary/aromatic N) is 2. The molecular weight excluding hydrogens is 226 g/mol. The van der Waals surface area contributed by atoms with Gasteiger partial charge in [-0.25, -0.2) is 9.97 Å². The molecule has 0 saturated heterocycles. The molecule has 0 radical (unpaired) electrons. The van der Waals surface area contributed by atoms with E-state index < -0.39 is 0 Å². The summed E-state index contributed by atoms with van der Waals surface area (Å²) in [4.78, 5) is 11.5. The molecule has 0 bridgehead atoms. The van der Waals surface area contributed by atoms with E-state index in [9.17, 15) is 5.11 Å². The number of fused-ring (bicyclic) bond motifs is 1. The number of aromatic nitrogens is 3. The van der Waals surface area contributed by atoms with Gasteiger partial charge in [-0.05, 0) is 6.07 Å². The second-order valence-electron chi connectivity index (χ2n) is 3.95. The fourth-order valence-electron chi connectivity index (χ4n) is 2.03. The summed E-state index contributed by atoms with van der Waals surface area (Å²) in [5.74, 6) is 0.0351. The van der Waals surface area contributed by atoms with Crippen molar-refractivity contribution in [2.75, 3.05) is 0 Å². The molecule has 2 aromatic heterocycles. The lowest BCUT2D eigenvalue weighted by molar-refractivity contribution is 0.514. The molecule has 2 N–H and O–H groups in total. The summed E-state index contributed by atoms with van der Waals surface area (Å²) in [6, 6.07) is 9.41. The third-order valence-electron chi connectivity index (χ3n) is 2.85. The fraction of sp³-hybridized carbons (Fsp3) is 0. The Labute approximate surface area is 104 Å². The maximum Gasteiger partial charge on any atom is 0.141 e. The summed E-state index contributed by atoms with van der Waals surface area (Å²) in [5, 5.41) is 10.6. The first-order valence-corrected chi connectivity index (χ1v) is 5.53. The summed E-state index contributed by atoms with van der Waals surface area (Å²) in [6.07, 6.45) is 3.32. The van der Waals surface area contributed by atoms with Crippen LogP contribution in [0.2, 0.25) is 0 Å². The number of H-pyrrole nitrogens is 1. The van der Waals surface area contributed by atoms with Gasteiger partial charge in [0.1, 0.15) is 17.7 Å². The number of aromatic amines is 1. The molecule has 0 saturated carbocycles. The smallest absolute Gasteiger partial charge is 0.141 e. The van der Waals surface area contributed by atoms with Crippen LogP contribution in [0.25, 0.3) is 28.0 Å². The quantitative estimate of drug-likeness (QED) is 0.673. The molecule has 88 valence electrons. The lowest BCUT2D eigenvalue weighted by atomic mass is 10.0. The largest absolute Gasteiger partial charge is 0.508 e. The van der Waals surface area contributed by atoms with Crippen LogP contribution in [-0.4, -0.2) is 20.1 Å². The third-order valence-corrected chi connectivity index (χ3v) is 2.85. The average molecular weight is 237 g/mol. The average Bonchev–Trinajstić information content (AvgIpc) is 2.86. The number of nitrogens with one attached hydrogen (secondary N) is 1. The molecule has 0 atom stereocenters. The van der Waals surface area contributed by atoms with Crippen LogP contribution in [0.5, 0.6) is 0 Å². The summed E-state index contributed by atoms with van der Waals surface area (Å²) in [5.41, 5.74) is 3.08. The molecule has 4 nitrogen and oxygen atoms in total. The molecular formula is C14H11N3O. The summed E-state index contributed by atoms with van der Waals surface area (Å²) < 4.78 is 0. The van der Waals surface area contributed by atoms with E-state index in [0.717, 1.165) is 22.3 Å². The minimum absolute atomic E-state index is 0.0351. The monoisotopic (exact) mass is 237 g/mol. The summed E-state index contributed by atoms with van der Waals surface area (Å²) in [7, 11) is 0. The van der Waals surface area contributed by atoms with Crippen molar-refractivity contribution in [2.45, 2.75) is 0 Å². The molecule has 1 aromatic carbocycles. The molecule has 0 unspecified atom stereocenters. The van der Waals surface area contributed by atoms with Crippen molar-refractivity contribution in [1.82, 2.24) is 15.0 Å². The number of hydrogen-bond acceptors (Lipinski definition) is 3. The number of aliphatic hydroxyl groups excluding tert-OH is 1. The van der Waals surface area contributed by atoms with Crippen molar-refractivity contribution < 1.29 is 5.11 Å². The van der Waals surface area contributed by atoms with Crippen LogP contribution >= 0.6 is 0 Å². The second kappa shape index (κ2) is 4.00. The Morgan fingerprint density at radius 1 is 1.17 bits per heavy atom. The molecule has 0 aliphatic carbocycles. The van der Waals surface area contributed by atoms with Gasteiger partial charge in [0, 0.05) is 22.7 Å². The van der Waals surface area contributed by atoms with E-state index in [1.165, 1.54) is 6.33 Å². The van der Waals surface area contributed by atoms with Gasteiger partial charge < -0.3 is 10.1 Å². The molecule has 0 spiro atoms. The van der Waals surface area contributed by atoms with E-state index in [4.69, 9.17) is 0 Å². The van der Waals surface area contributed by atoms with Crippen molar-refractivity contribution in [3.8, 4) is 11.3 Å². The predicted molar refractivity (Wildman–Crippen MR) is 71.0 cm³/mol. The van der Waals surface area contributed by atoms with Crippen LogP contribution < -0.4 is 0 Å². The lowest BCUT2D eigenvalue weighted by Crippen LogP contribution is -1.92. The Morgan fingerprint density at radius 3 is 2.83 bits per heavy atom. The fourth-order valence-corrected chi connectivity index (χ4v) is 2.03. The van der Waals surface area contributed by atoms with Gasteiger partial charge in [0.2, 0.25) is 0 Å². The maximum absolute atomic E-state index is 9.64. The van der Waals surface area contributed by atoms with Gasteiger partial charge in [-0.3, -0.25) is 0 Å². The zero-order valence-electron chi connectivity index (χ0n) is 9.59. The van der Waals surface area contributed by atoms with Crippen molar-refractivity contribution in [3.63, 3.8) is 0 Å². The molecule has 3 rings (SSSR count). The number of hydrogen-bond donors (Lipinski definition) is 2. The lowest BCUT2D eigenvalue weighted by Gasteiger charge is -2.08. The number of benzene rings is 1. The van der Waals surface area contributed by atoms with Crippen molar-refractivity contribution in [3.05, 3.63) is 55.0 Å². The summed E-state index contributed by atoms with van der Waals surface area (Å²) >= 11 is 0. The van der Waals surface area contributed by atoms with Crippen LogP contribution in [0, 0.1) is 0 Å². The minimum Gasteiger partial charge on any atom is -0.508 e. The highest BCUT2D eigenvalue weighted by Gasteiger charge is 2.12.